The van der Waals surface area contributed by atoms with Crippen molar-refractivity contribution < 1.29 is 4.79 Å². The van der Waals surface area contributed by atoms with E-state index in [0.29, 0.717) is 6.42 Å². The van der Waals surface area contributed by atoms with Crippen LogP contribution >= 0.6 is 0 Å². The normalized spacial score (nSPS) is 11.2. The van der Waals surface area contributed by atoms with E-state index in [-0.39, 0.29) is 18.0 Å². The predicted molar refractivity (Wildman–Crippen MR) is 40.5 cm³/mol. The number of hydrogen-bond donors (Lipinski definition) is 1. The topological polar surface area (TPSA) is 52.9 Å². The Morgan fingerprint density at radius 1 is 1.50 bits per heavy atom. The van der Waals surface area contributed by atoms with E-state index in [1.54, 1.807) is 0 Å². The van der Waals surface area contributed by atoms with Crippen LogP contribution in [-0.2, 0) is 4.79 Å². The molecule has 0 unspecified atom stereocenters. The second-order valence-electron chi connectivity index (χ2n) is 3.30. The fourth-order valence-electron chi connectivity index (χ4n) is 0.594. The Morgan fingerprint density at radius 2 is 2.00 bits per heavy atom. The van der Waals surface area contributed by atoms with Gasteiger partial charge in [0.1, 0.15) is 0 Å². The first-order valence-electron chi connectivity index (χ1n) is 3.41. The van der Waals surface area contributed by atoms with E-state index in [4.69, 9.17) is 5.73 Å². The molecule has 2 N–H and O–H groups in total. The van der Waals surface area contributed by atoms with Crippen LogP contribution in [0.3, 0.4) is 0 Å². The van der Waals surface area contributed by atoms with Gasteiger partial charge in [0.15, 0.2) is 0 Å². The van der Waals surface area contributed by atoms with Crippen molar-refractivity contribution in [3.63, 3.8) is 0 Å². The highest BCUT2D eigenvalue weighted by molar-refractivity contribution is 5.76. The number of hydrogen-bond acceptors (Lipinski definition) is 1. The van der Waals surface area contributed by atoms with Gasteiger partial charge in [-0.15, -0.1) is 0 Å². The van der Waals surface area contributed by atoms with Gasteiger partial charge in [-0.2, -0.15) is 0 Å². The number of rotatable bonds is 2. The first-order chi connectivity index (χ1) is 4.45. The van der Waals surface area contributed by atoms with E-state index < -0.39 is 0 Å². The summed E-state index contributed by atoms with van der Waals surface area (Å²) in [4.78, 5) is 10.8. The van der Waals surface area contributed by atoms with Crippen molar-refractivity contribution in [2.45, 2.75) is 32.7 Å². The lowest BCUT2D eigenvalue weighted by atomic mass is 10.1. The van der Waals surface area contributed by atoms with Gasteiger partial charge in [0.25, 0.3) is 0 Å². The third kappa shape index (κ3) is 5.56. The highest BCUT2D eigenvalue weighted by atomic mass is 16.1. The van der Waals surface area contributed by atoms with E-state index >= 15 is 0 Å². The highest BCUT2D eigenvalue weighted by Gasteiger charge is 2.11. The molecule has 59 valence electrons. The summed E-state index contributed by atoms with van der Waals surface area (Å²) in [5.41, 5.74) is 6.62. The summed E-state index contributed by atoms with van der Waals surface area (Å²) in [5.74, 6) is -0.0394. The molecule has 0 spiro atoms. The molecule has 0 saturated carbocycles. The van der Waals surface area contributed by atoms with Crippen molar-refractivity contribution in [3.8, 4) is 0 Å². The van der Waals surface area contributed by atoms with E-state index in [1.807, 2.05) is 20.8 Å². The first-order valence-corrected chi connectivity index (χ1v) is 3.41. The molecule has 1 amide bonds. The number of carbonyl (C=O) groups is 1. The second-order valence-corrected chi connectivity index (χ2v) is 3.30. The van der Waals surface area contributed by atoms with Gasteiger partial charge in [0.05, 0.1) is 0 Å². The molecule has 0 heterocycles. The highest BCUT2D eigenvalue weighted by Crippen LogP contribution is 1.98. The molecule has 0 aliphatic heterocycles. The summed E-state index contributed by atoms with van der Waals surface area (Å²) in [6, 6.07) is 0. The molecule has 0 rings (SSSR count). The lowest BCUT2D eigenvalue weighted by molar-refractivity contribution is -0.122. The Labute approximate surface area is 62.0 Å². The van der Waals surface area contributed by atoms with Crippen molar-refractivity contribution in [2.75, 3.05) is 6.54 Å². The molecule has 0 aliphatic carbocycles. The van der Waals surface area contributed by atoms with Crippen LogP contribution in [0.4, 0.5) is 0 Å². The van der Waals surface area contributed by atoms with E-state index in [9.17, 15) is 4.79 Å². The lowest BCUT2D eigenvalue weighted by Crippen LogP contribution is -2.40. The maximum absolute atomic E-state index is 10.8. The summed E-state index contributed by atoms with van der Waals surface area (Å²) >= 11 is 0. The van der Waals surface area contributed by atoms with E-state index in [0.717, 1.165) is 0 Å². The third-order valence-corrected chi connectivity index (χ3v) is 0.866. The van der Waals surface area contributed by atoms with Gasteiger partial charge in [-0.25, -0.2) is 0 Å². The number of carbonyl (C=O) groups excluding carboxylic acids is 1. The van der Waals surface area contributed by atoms with Gasteiger partial charge in [-0.3, -0.25) is 10.5 Å². The molecule has 0 aromatic heterocycles. The molecule has 0 aromatic carbocycles. The van der Waals surface area contributed by atoms with Crippen molar-refractivity contribution in [1.82, 2.24) is 11.1 Å². The zero-order chi connectivity index (χ0) is 8.20. The van der Waals surface area contributed by atoms with Crippen LogP contribution in [0.15, 0.2) is 0 Å². The molecule has 0 atom stereocenters. The monoisotopic (exact) mass is 143 g/mol. The van der Waals surface area contributed by atoms with Crippen LogP contribution in [0.5, 0.6) is 0 Å². The Morgan fingerprint density at radius 3 is 2.30 bits per heavy atom. The van der Waals surface area contributed by atoms with Gasteiger partial charge in [-0.05, 0) is 20.8 Å². The largest absolute Gasteiger partial charge is 0.351 e. The van der Waals surface area contributed by atoms with Crippen molar-refractivity contribution in [3.05, 3.63) is 0 Å². The minimum absolute atomic E-state index is 0.0394. The molecule has 0 aromatic rings. The molecular formula is C7H15N2O. The molecule has 0 saturated heterocycles. The van der Waals surface area contributed by atoms with Crippen LogP contribution in [0.2, 0.25) is 0 Å². The average molecular weight is 143 g/mol. The van der Waals surface area contributed by atoms with E-state index in [1.165, 1.54) is 0 Å². The second kappa shape index (κ2) is 3.56. The summed E-state index contributed by atoms with van der Waals surface area (Å²) in [6.07, 6.45) is 0.303. The van der Waals surface area contributed by atoms with Crippen LogP contribution in [-0.4, -0.2) is 18.0 Å². The fraction of sp³-hybridized carbons (Fsp3) is 0.857. The van der Waals surface area contributed by atoms with Gasteiger partial charge >= 0.3 is 0 Å². The summed E-state index contributed by atoms with van der Waals surface area (Å²) in [7, 11) is 0. The molecule has 3 nitrogen and oxygen atoms in total. The SMILES string of the molecule is CC(C)(C)NC(=O)CC[NH]. The van der Waals surface area contributed by atoms with Gasteiger partial charge in [0, 0.05) is 18.5 Å². The lowest BCUT2D eigenvalue weighted by Gasteiger charge is -2.19. The van der Waals surface area contributed by atoms with Crippen LogP contribution in [0, 0.1) is 0 Å². The Kier molecular flexibility index (Phi) is 3.36. The van der Waals surface area contributed by atoms with Gasteiger partial charge < -0.3 is 5.32 Å². The fourth-order valence-corrected chi connectivity index (χ4v) is 0.594. The smallest absolute Gasteiger partial charge is 0.221 e. The maximum Gasteiger partial charge on any atom is 0.221 e. The first kappa shape index (κ1) is 9.43. The Balaban J connectivity index is 3.58. The molecule has 10 heavy (non-hydrogen) atoms. The minimum atomic E-state index is -0.160. The molecule has 0 fully saturated rings. The molecule has 1 radical (unpaired) electrons. The molecule has 0 bridgehead atoms. The van der Waals surface area contributed by atoms with Crippen molar-refractivity contribution >= 4 is 5.91 Å². The minimum Gasteiger partial charge on any atom is -0.351 e. The summed E-state index contributed by atoms with van der Waals surface area (Å²) in [6.45, 7) is 5.94. The Bertz CT molecular complexity index is 115. The van der Waals surface area contributed by atoms with Crippen molar-refractivity contribution in [2.24, 2.45) is 0 Å². The maximum atomic E-state index is 10.8. The van der Waals surface area contributed by atoms with E-state index in [2.05, 4.69) is 5.32 Å². The van der Waals surface area contributed by atoms with Crippen LogP contribution in [0.25, 0.3) is 0 Å². The predicted octanol–water partition coefficient (Wildman–Crippen LogP) is 0.574. The Hall–Kier alpha value is -0.570. The summed E-state index contributed by atoms with van der Waals surface area (Å²) in [5, 5.41) is 2.76. The standard InChI is InChI=1S/C7H15N2O/c1-7(2,3)9-6(10)4-5-8/h8H,4-5H2,1-3H3,(H,9,10). The molecule has 0 aliphatic rings. The average Bonchev–Trinajstić information content (AvgIpc) is 1.59. The number of amides is 1. The van der Waals surface area contributed by atoms with Crippen LogP contribution in [0.1, 0.15) is 27.2 Å². The van der Waals surface area contributed by atoms with Gasteiger partial charge in [-0.1, -0.05) is 0 Å². The summed E-state index contributed by atoms with van der Waals surface area (Å²) < 4.78 is 0. The third-order valence-electron chi connectivity index (χ3n) is 0.866. The van der Waals surface area contributed by atoms with Gasteiger partial charge in [0.2, 0.25) is 5.91 Å². The van der Waals surface area contributed by atoms with Crippen molar-refractivity contribution in [1.29, 1.82) is 0 Å². The number of nitrogens with one attached hydrogen (secondary N) is 2. The zero-order valence-electron chi connectivity index (χ0n) is 6.82. The zero-order valence-corrected chi connectivity index (χ0v) is 6.82. The van der Waals surface area contributed by atoms with Crippen LogP contribution < -0.4 is 11.1 Å². The molecule has 3 heteroatoms. The quantitative estimate of drug-likeness (QED) is 0.603. The molecular weight excluding hydrogens is 128 g/mol.